The molecule has 3 aromatic rings. The average molecular weight is 287 g/mol. The third-order valence-electron chi connectivity index (χ3n) is 2.87. The first-order valence-electron chi connectivity index (χ1n) is 5.89. The number of hydrogen-bond donors (Lipinski definition) is 0. The summed E-state index contributed by atoms with van der Waals surface area (Å²) >= 11 is 7.50. The molecule has 0 aliphatic heterocycles. The van der Waals surface area contributed by atoms with Crippen molar-refractivity contribution in [3.63, 3.8) is 0 Å². The van der Waals surface area contributed by atoms with Crippen LogP contribution in [0, 0.1) is 6.92 Å². The molecule has 0 amide bonds. The summed E-state index contributed by atoms with van der Waals surface area (Å²) in [5, 5.41) is 12.5. The van der Waals surface area contributed by atoms with Crippen LogP contribution in [0.5, 0.6) is 0 Å². The van der Waals surface area contributed by atoms with Gasteiger partial charge in [0.25, 0.3) is 0 Å². The highest BCUT2D eigenvalue weighted by Gasteiger charge is 2.07. The number of fused-ring (bicyclic) bond motifs is 1. The largest absolute Gasteiger partial charge is 0.154 e. The summed E-state index contributed by atoms with van der Waals surface area (Å²) in [5.74, 6) is 0. The maximum absolute atomic E-state index is 5.89. The molecule has 0 saturated carbocycles. The molecule has 4 heteroatoms. The first-order valence-corrected chi connectivity index (χ1v) is 7.09. The summed E-state index contributed by atoms with van der Waals surface area (Å²) in [7, 11) is 0. The molecule has 1 aromatic heterocycles. The van der Waals surface area contributed by atoms with Gasteiger partial charge in [0.05, 0.1) is 5.69 Å². The predicted octanol–water partition coefficient (Wildman–Crippen LogP) is 4.74. The van der Waals surface area contributed by atoms with E-state index in [4.69, 9.17) is 11.6 Å². The van der Waals surface area contributed by atoms with Crippen molar-refractivity contribution in [2.75, 3.05) is 0 Å². The zero-order valence-corrected chi connectivity index (χ0v) is 11.9. The zero-order chi connectivity index (χ0) is 13.2. The summed E-state index contributed by atoms with van der Waals surface area (Å²) in [6, 6.07) is 15.9. The standard InChI is InChI=1S/C15H11ClN2S/c1-10-13-4-2-3-5-14(13)15(18-17-10)19-12-8-6-11(16)7-9-12/h2-9H,1H3. The Balaban J connectivity index is 2.06. The molecule has 0 aliphatic rings. The van der Waals surface area contributed by atoms with Crippen molar-refractivity contribution in [3.05, 3.63) is 59.2 Å². The Morgan fingerprint density at radius 2 is 1.58 bits per heavy atom. The van der Waals surface area contributed by atoms with Gasteiger partial charge in [-0.2, -0.15) is 5.10 Å². The molecule has 0 atom stereocenters. The van der Waals surface area contributed by atoms with E-state index in [1.807, 2.05) is 43.3 Å². The number of aromatic nitrogens is 2. The number of halogens is 1. The monoisotopic (exact) mass is 286 g/mol. The van der Waals surface area contributed by atoms with E-state index >= 15 is 0 Å². The first-order chi connectivity index (χ1) is 9.24. The topological polar surface area (TPSA) is 25.8 Å². The lowest BCUT2D eigenvalue weighted by atomic mass is 10.1. The average Bonchev–Trinajstić information content (AvgIpc) is 2.45. The second-order valence-electron chi connectivity index (χ2n) is 4.19. The molecular weight excluding hydrogens is 276 g/mol. The van der Waals surface area contributed by atoms with Crippen LogP contribution in [0.3, 0.4) is 0 Å². The van der Waals surface area contributed by atoms with Crippen molar-refractivity contribution in [2.45, 2.75) is 16.8 Å². The second-order valence-corrected chi connectivity index (χ2v) is 5.69. The molecule has 3 rings (SSSR count). The van der Waals surface area contributed by atoms with Crippen molar-refractivity contribution < 1.29 is 0 Å². The summed E-state index contributed by atoms with van der Waals surface area (Å²) < 4.78 is 0. The number of benzene rings is 2. The third-order valence-corrected chi connectivity index (χ3v) is 4.12. The van der Waals surface area contributed by atoms with Gasteiger partial charge >= 0.3 is 0 Å². The van der Waals surface area contributed by atoms with Gasteiger partial charge in [-0.05, 0) is 31.2 Å². The highest BCUT2D eigenvalue weighted by Crippen LogP contribution is 2.32. The normalized spacial score (nSPS) is 10.8. The van der Waals surface area contributed by atoms with Crippen LogP contribution in [0.1, 0.15) is 5.69 Å². The molecule has 0 N–H and O–H groups in total. The third kappa shape index (κ3) is 2.57. The lowest BCUT2D eigenvalue weighted by Gasteiger charge is -2.06. The number of aryl methyl sites for hydroxylation is 1. The SMILES string of the molecule is Cc1nnc(Sc2ccc(Cl)cc2)c2ccccc12. The van der Waals surface area contributed by atoms with E-state index in [-0.39, 0.29) is 0 Å². The van der Waals surface area contributed by atoms with Gasteiger partial charge in [-0.15, -0.1) is 5.10 Å². The summed E-state index contributed by atoms with van der Waals surface area (Å²) in [6.45, 7) is 1.98. The molecule has 0 fully saturated rings. The van der Waals surface area contributed by atoms with Crippen LogP contribution >= 0.6 is 23.4 Å². The van der Waals surface area contributed by atoms with Gasteiger partial charge in [0.15, 0.2) is 0 Å². The van der Waals surface area contributed by atoms with Gasteiger partial charge in [0.1, 0.15) is 5.03 Å². The van der Waals surface area contributed by atoms with E-state index in [0.29, 0.717) is 0 Å². The Labute approximate surface area is 120 Å². The van der Waals surface area contributed by atoms with Crippen molar-refractivity contribution in [1.29, 1.82) is 0 Å². The van der Waals surface area contributed by atoms with Crippen LogP contribution in [0.15, 0.2) is 58.5 Å². The minimum atomic E-state index is 0.740. The summed E-state index contributed by atoms with van der Waals surface area (Å²) in [5.41, 5.74) is 0.955. The number of nitrogens with zero attached hydrogens (tertiary/aromatic N) is 2. The molecule has 94 valence electrons. The van der Waals surface area contributed by atoms with Crippen LogP contribution in [0.2, 0.25) is 5.02 Å². The molecule has 0 bridgehead atoms. The molecule has 0 saturated heterocycles. The van der Waals surface area contributed by atoms with Gasteiger partial charge in [-0.3, -0.25) is 0 Å². The van der Waals surface area contributed by atoms with Crippen LogP contribution < -0.4 is 0 Å². The van der Waals surface area contributed by atoms with Gasteiger partial charge in [-0.25, -0.2) is 0 Å². The Bertz CT molecular complexity index is 726. The lowest BCUT2D eigenvalue weighted by Crippen LogP contribution is -1.92. The Morgan fingerprint density at radius 3 is 2.32 bits per heavy atom. The Morgan fingerprint density at radius 1 is 0.895 bits per heavy atom. The molecule has 19 heavy (non-hydrogen) atoms. The van der Waals surface area contributed by atoms with Gasteiger partial charge in [0, 0.05) is 20.7 Å². The van der Waals surface area contributed by atoms with Crippen molar-refractivity contribution in [1.82, 2.24) is 10.2 Å². The van der Waals surface area contributed by atoms with Crippen LogP contribution in [0.4, 0.5) is 0 Å². The second kappa shape index (κ2) is 5.19. The van der Waals surface area contributed by atoms with E-state index in [2.05, 4.69) is 22.3 Å². The maximum atomic E-state index is 5.89. The minimum absolute atomic E-state index is 0.740. The fourth-order valence-corrected chi connectivity index (χ4v) is 2.89. The molecule has 2 nitrogen and oxygen atoms in total. The van der Waals surface area contributed by atoms with Crippen molar-refractivity contribution in [3.8, 4) is 0 Å². The zero-order valence-electron chi connectivity index (χ0n) is 10.3. The van der Waals surface area contributed by atoms with Crippen LogP contribution in [-0.4, -0.2) is 10.2 Å². The van der Waals surface area contributed by atoms with E-state index < -0.39 is 0 Å². The number of hydrogen-bond acceptors (Lipinski definition) is 3. The highest BCUT2D eigenvalue weighted by atomic mass is 35.5. The molecule has 0 radical (unpaired) electrons. The Hall–Kier alpha value is -1.58. The summed E-state index contributed by atoms with van der Waals surface area (Å²) in [6.07, 6.45) is 0. The maximum Gasteiger partial charge on any atom is 0.131 e. The van der Waals surface area contributed by atoms with Gasteiger partial charge < -0.3 is 0 Å². The molecule has 2 aromatic carbocycles. The fourth-order valence-electron chi connectivity index (χ4n) is 1.90. The molecule has 0 unspecified atom stereocenters. The predicted molar refractivity (Wildman–Crippen MR) is 79.9 cm³/mol. The summed E-state index contributed by atoms with van der Waals surface area (Å²) in [4.78, 5) is 1.10. The van der Waals surface area contributed by atoms with Gasteiger partial charge in [-0.1, -0.05) is 47.6 Å². The highest BCUT2D eigenvalue weighted by molar-refractivity contribution is 7.99. The number of rotatable bonds is 2. The van der Waals surface area contributed by atoms with E-state index in [1.54, 1.807) is 11.8 Å². The van der Waals surface area contributed by atoms with E-state index in [9.17, 15) is 0 Å². The molecule has 0 aliphatic carbocycles. The lowest BCUT2D eigenvalue weighted by molar-refractivity contribution is 0.923. The van der Waals surface area contributed by atoms with E-state index in [0.717, 1.165) is 31.4 Å². The molecular formula is C15H11ClN2S. The smallest absolute Gasteiger partial charge is 0.131 e. The first kappa shape index (κ1) is 12.5. The molecule has 1 heterocycles. The van der Waals surface area contributed by atoms with Crippen LogP contribution in [0.25, 0.3) is 10.8 Å². The Kier molecular flexibility index (Phi) is 3.40. The molecule has 0 spiro atoms. The minimum Gasteiger partial charge on any atom is -0.154 e. The fraction of sp³-hybridized carbons (Fsp3) is 0.0667. The van der Waals surface area contributed by atoms with Gasteiger partial charge in [0.2, 0.25) is 0 Å². The van der Waals surface area contributed by atoms with Crippen LogP contribution in [-0.2, 0) is 0 Å². The van der Waals surface area contributed by atoms with E-state index in [1.165, 1.54) is 0 Å². The quantitative estimate of drug-likeness (QED) is 0.680. The van der Waals surface area contributed by atoms with Crippen molar-refractivity contribution >= 4 is 34.1 Å². The van der Waals surface area contributed by atoms with Crippen molar-refractivity contribution in [2.24, 2.45) is 0 Å².